The second-order valence-electron chi connectivity index (χ2n) is 10.7. The lowest BCUT2D eigenvalue weighted by Gasteiger charge is -2.00. The first kappa shape index (κ1) is 47.0. The molecule has 0 N–H and O–H groups in total. The van der Waals surface area contributed by atoms with Crippen molar-refractivity contribution >= 4 is 79.6 Å². The molecule has 0 spiro atoms. The smallest absolute Gasteiger partial charge is 0.0991 e. The van der Waals surface area contributed by atoms with Gasteiger partial charge in [-0.15, -0.1) is 0 Å². The topological polar surface area (TPSA) is 119 Å². The van der Waals surface area contributed by atoms with Crippen LogP contribution in [-0.4, -0.2) is 0 Å². The minimum Gasteiger partial charge on any atom is -0.198 e. The van der Waals surface area contributed by atoms with Crippen molar-refractivity contribution in [2.45, 2.75) is 45.9 Å². The fourth-order valence-electron chi connectivity index (χ4n) is 4.09. The van der Waals surface area contributed by atoms with Gasteiger partial charge >= 0.3 is 0 Å². The van der Waals surface area contributed by atoms with Crippen LogP contribution in [0.4, 0.5) is 0 Å². The SMILES string of the molecule is N#CCc1ccc(CBr)cc1.N#CCc1cccc(CBr)c1.N#CCc1ccccc1CBr.N#Cc1ccc(CBr)cc1.N#Cc1cccc(CBr)c1. The van der Waals surface area contributed by atoms with Crippen LogP contribution in [0.1, 0.15) is 55.6 Å². The van der Waals surface area contributed by atoms with Crippen molar-refractivity contribution in [3.8, 4) is 30.3 Å². The first-order chi connectivity index (χ1) is 25.8. The Morgan fingerprint density at radius 2 is 0.774 bits per heavy atom. The van der Waals surface area contributed by atoms with Crippen molar-refractivity contribution in [3.63, 3.8) is 0 Å². The Morgan fingerprint density at radius 3 is 1.26 bits per heavy atom. The predicted molar refractivity (Wildman–Crippen MR) is 233 cm³/mol. The first-order valence-corrected chi connectivity index (χ1v) is 21.6. The van der Waals surface area contributed by atoms with Gasteiger partial charge in [0.1, 0.15) is 0 Å². The van der Waals surface area contributed by atoms with Gasteiger partial charge in [-0.05, 0) is 68.8 Å². The highest BCUT2D eigenvalue weighted by Gasteiger charge is 1.98. The van der Waals surface area contributed by atoms with E-state index in [0.29, 0.717) is 24.8 Å². The Hall–Kier alpha value is -4.05. The Labute approximate surface area is 356 Å². The van der Waals surface area contributed by atoms with Crippen molar-refractivity contribution in [1.29, 1.82) is 26.3 Å². The van der Waals surface area contributed by atoms with E-state index in [9.17, 15) is 0 Å². The largest absolute Gasteiger partial charge is 0.198 e. The molecular formula is C43H36Br5N5. The van der Waals surface area contributed by atoms with E-state index in [1.807, 2.05) is 115 Å². The van der Waals surface area contributed by atoms with Crippen molar-refractivity contribution < 1.29 is 0 Å². The van der Waals surface area contributed by atoms with Gasteiger partial charge in [0.2, 0.25) is 0 Å². The third kappa shape index (κ3) is 20.7. The molecule has 0 fully saturated rings. The average molecular weight is 1020 g/mol. The van der Waals surface area contributed by atoms with E-state index in [1.165, 1.54) is 22.3 Å². The van der Waals surface area contributed by atoms with Gasteiger partial charge in [-0.2, -0.15) is 26.3 Å². The van der Waals surface area contributed by atoms with E-state index in [2.05, 4.69) is 110 Å². The quantitative estimate of drug-likeness (QED) is 0.143. The van der Waals surface area contributed by atoms with Gasteiger partial charge in [0.25, 0.3) is 0 Å². The summed E-state index contributed by atoms with van der Waals surface area (Å²) in [6.45, 7) is 0. The van der Waals surface area contributed by atoms with E-state index < -0.39 is 0 Å². The van der Waals surface area contributed by atoms with Crippen molar-refractivity contribution in [2.24, 2.45) is 0 Å². The van der Waals surface area contributed by atoms with Gasteiger partial charge in [-0.3, -0.25) is 0 Å². The number of nitrogens with zero attached hydrogens (tertiary/aromatic N) is 5. The molecule has 0 amide bonds. The van der Waals surface area contributed by atoms with Crippen LogP contribution < -0.4 is 0 Å². The molecular weight excluding hydrogens is 986 g/mol. The fourth-order valence-corrected chi connectivity index (χ4v) is 6.08. The fraction of sp³-hybridized carbons (Fsp3) is 0.186. The van der Waals surface area contributed by atoms with Gasteiger partial charge in [0.15, 0.2) is 0 Å². The lowest BCUT2D eigenvalue weighted by molar-refractivity contribution is 1.20. The van der Waals surface area contributed by atoms with Gasteiger partial charge < -0.3 is 0 Å². The Morgan fingerprint density at radius 1 is 0.340 bits per heavy atom. The van der Waals surface area contributed by atoms with E-state index in [1.54, 1.807) is 6.07 Å². The zero-order valence-electron chi connectivity index (χ0n) is 28.8. The summed E-state index contributed by atoms with van der Waals surface area (Å²) in [5, 5.41) is 46.4. The maximum atomic E-state index is 8.49. The zero-order chi connectivity index (χ0) is 39.1. The number of halogens is 5. The highest BCUT2D eigenvalue weighted by molar-refractivity contribution is 9.09. The van der Waals surface area contributed by atoms with E-state index >= 15 is 0 Å². The molecule has 5 aromatic rings. The second kappa shape index (κ2) is 30.4. The summed E-state index contributed by atoms with van der Waals surface area (Å²) in [5.74, 6) is 0. The van der Waals surface area contributed by atoms with Crippen LogP contribution in [0.3, 0.4) is 0 Å². The van der Waals surface area contributed by atoms with E-state index in [0.717, 1.165) is 54.5 Å². The summed E-state index contributed by atoms with van der Waals surface area (Å²) in [6, 6.07) is 49.6. The molecule has 5 nitrogen and oxygen atoms in total. The molecule has 0 aliphatic carbocycles. The molecule has 5 rings (SSSR count). The van der Waals surface area contributed by atoms with Crippen LogP contribution in [0, 0.1) is 56.7 Å². The average Bonchev–Trinajstić information content (AvgIpc) is 3.22. The van der Waals surface area contributed by atoms with Crippen molar-refractivity contribution in [1.82, 2.24) is 0 Å². The molecule has 0 radical (unpaired) electrons. The Bertz CT molecular complexity index is 2000. The monoisotopic (exact) mass is 1020 g/mol. The van der Waals surface area contributed by atoms with Crippen LogP contribution >= 0.6 is 79.6 Å². The van der Waals surface area contributed by atoms with Gasteiger partial charge in [0, 0.05) is 26.7 Å². The molecule has 0 bridgehead atoms. The molecule has 0 saturated heterocycles. The Kier molecular flexibility index (Phi) is 27.0. The lowest BCUT2D eigenvalue weighted by atomic mass is 10.1. The lowest BCUT2D eigenvalue weighted by Crippen LogP contribution is -1.88. The third-order valence-electron chi connectivity index (χ3n) is 6.87. The minimum absolute atomic E-state index is 0.501. The van der Waals surface area contributed by atoms with E-state index in [4.69, 9.17) is 26.3 Å². The minimum atomic E-state index is 0.501. The number of hydrogen-bond acceptors (Lipinski definition) is 5. The number of hydrogen-bond donors (Lipinski definition) is 0. The highest BCUT2D eigenvalue weighted by Crippen LogP contribution is 2.13. The van der Waals surface area contributed by atoms with Crippen LogP contribution in [-0.2, 0) is 45.9 Å². The molecule has 5 aromatic carbocycles. The van der Waals surface area contributed by atoms with Crippen LogP contribution in [0.15, 0.2) is 121 Å². The van der Waals surface area contributed by atoms with Crippen molar-refractivity contribution in [3.05, 3.63) is 177 Å². The van der Waals surface area contributed by atoms with Crippen LogP contribution in [0.5, 0.6) is 0 Å². The van der Waals surface area contributed by atoms with Crippen LogP contribution in [0.25, 0.3) is 0 Å². The van der Waals surface area contributed by atoms with Gasteiger partial charge in [-0.25, -0.2) is 0 Å². The normalized spacial score (nSPS) is 8.98. The highest BCUT2D eigenvalue weighted by atomic mass is 79.9. The number of alkyl halides is 5. The molecule has 0 heterocycles. The van der Waals surface area contributed by atoms with Gasteiger partial charge in [0.05, 0.1) is 60.7 Å². The summed E-state index contributed by atoms with van der Waals surface area (Å²) in [6.07, 6.45) is 1.51. The number of nitriles is 5. The second-order valence-corrected chi connectivity index (χ2v) is 13.5. The molecule has 0 aliphatic heterocycles. The molecule has 0 aromatic heterocycles. The summed E-state index contributed by atoms with van der Waals surface area (Å²) in [7, 11) is 0. The first-order valence-electron chi connectivity index (χ1n) is 16.0. The predicted octanol–water partition coefficient (Wildman–Crippen LogP) is 12.8. The molecule has 268 valence electrons. The van der Waals surface area contributed by atoms with Crippen LogP contribution in [0.2, 0.25) is 0 Å². The molecule has 0 aliphatic rings. The molecule has 10 heteroatoms. The van der Waals surface area contributed by atoms with Gasteiger partial charge in [-0.1, -0.05) is 177 Å². The summed E-state index contributed by atoms with van der Waals surface area (Å²) in [5.41, 5.74) is 10.7. The molecule has 53 heavy (non-hydrogen) atoms. The standard InChI is InChI=1S/3C9H8BrN.2C8H6BrN/c10-7-9-3-1-8(2-4-9)5-6-11;10-7-9-3-1-2-8(6-9)4-5-11;10-7-9-4-2-1-3-8(9)5-6-11;9-5-7-1-3-8(6-10)4-2-7;9-5-7-2-1-3-8(4-7)6-10/h1-4H,5,7H2;1-3,6H,4,7H2;1-4H,5,7H2;2*1-4H,5H2. The van der Waals surface area contributed by atoms with E-state index in [-0.39, 0.29) is 0 Å². The maximum Gasteiger partial charge on any atom is 0.0991 e. The summed E-state index contributed by atoms with van der Waals surface area (Å²) >= 11 is 16.7. The molecule has 0 atom stereocenters. The number of benzene rings is 5. The molecule has 0 saturated carbocycles. The maximum absolute atomic E-state index is 8.49. The zero-order valence-corrected chi connectivity index (χ0v) is 36.8. The van der Waals surface area contributed by atoms with Crippen molar-refractivity contribution in [2.75, 3.05) is 0 Å². The third-order valence-corrected chi connectivity index (χ3v) is 10.1. The summed E-state index contributed by atoms with van der Waals surface area (Å²) in [4.78, 5) is 0. The number of rotatable bonds is 8. The Balaban J connectivity index is 0.000000331. The summed E-state index contributed by atoms with van der Waals surface area (Å²) < 4.78 is 0. The molecule has 0 unspecified atom stereocenters.